The SMILES string of the molecule is CC(C)NC1=CC[C@@H](COC(=O)C(C)C)C=C1. The monoisotopic (exact) mass is 237 g/mol. The van der Waals surface area contributed by atoms with Gasteiger partial charge in [0.15, 0.2) is 0 Å². The van der Waals surface area contributed by atoms with Crippen LogP contribution in [0.3, 0.4) is 0 Å². The van der Waals surface area contributed by atoms with E-state index in [9.17, 15) is 4.79 Å². The lowest BCUT2D eigenvalue weighted by Gasteiger charge is -2.19. The Morgan fingerprint density at radius 2 is 2.18 bits per heavy atom. The summed E-state index contributed by atoms with van der Waals surface area (Å²) in [7, 11) is 0. The Morgan fingerprint density at radius 1 is 1.47 bits per heavy atom. The van der Waals surface area contributed by atoms with Crippen molar-refractivity contribution in [3.05, 3.63) is 23.9 Å². The summed E-state index contributed by atoms with van der Waals surface area (Å²) in [6, 6.07) is 0.446. The van der Waals surface area contributed by atoms with Crippen molar-refractivity contribution in [2.75, 3.05) is 6.61 Å². The zero-order valence-corrected chi connectivity index (χ0v) is 11.2. The number of hydrogen-bond donors (Lipinski definition) is 1. The lowest BCUT2D eigenvalue weighted by molar-refractivity contribution is -0.148. The number of carbonyl (C=O) groups excluding carboxylic acids is 1. The quantitative estimate of drug-likeness (QED) is 0.747. The second kappa shape index (κ2) is 6.48. The van der Waals surface area contributed by atoms with Crippen molar-refractivity contribution in [2.45, 2.75) is 40.2 Å². The van der Waals surface area contributed by atoms with E-state index in [1.54, 1.807) is 0 Å². The number of rotatable bonds is 5. The van der Waals surface area contributed by atoms with Crippen LogP contribution in [0.15, 0.2) is 23.9 Å². The van der Waals surface area contributed by atoms with Gasteiger partial charge in [-0.25, -0.2) is 0 Å². The van der Waals surface area contributed by atoms with E-state index in [2.05, 4.69) is 37.4 Å². The predicted octanol–water partition coefficient (Wildman–Crippen LogP) is 2.64. The number of esters is 1. The molecule has 0 fully saturated rings. The van der Waals surface area contributed by atoms with Crippen LogP contribution in [0, 0.1) is 11.8 Å². The molecule has 0 aromatic heterocycles. The molecule has 1 aliphatic carbocycles. The van der Waals surface area contributed by atoms with Gasteiger partial charge in [-0.15, -0.1) is 0 Å². The molecule has 0 unspecified atom stereocenters. The Hall–Kier alpha value is -1.25. The van der Waals surface area contributed by atoms with Crippen LogP contribution in [0.5, 0.6) is 0 Å². The maximum absolute atomic E-state index is 11.3. The molecule has 0 saturated heterocycles. The Bertz CT molecular complexity index is 316. The van der Waals surface area contributed by atoms with Crippen molar-refractivity contribution in [3.8, 4) is 0 Å². The molecule has 0 aromatic rings. The van der Waals surface area contributed by atoms with Crippen LogP contribution in [-0.4, -0.2) is 18.6 Å². The summed E-state index contributed by atoms with van der Waals surface area (Å²) in [5.74, 6) is 0.153. The normalized spacial score (nSPS) is 19.4. The molecule has 0 heterocycles. The van der Waals surface area contributed by atoms with Gasteiger partial charge in [0.05, 0.1) is 12.5 Å². The van der Waals surface area contributed by atoms with Gasteiger partial charge in [-0.05, 0) is 26.3 Å². The van der Waals surface area contributed by atoms with E-state index >= 15 is 0 Å². The molecule has 0 radical (unpaired) electrons. The van der Waals surface area contributed by atoms with E-state index in [4.69, 9.17) is 4.74 Å². The minimum absolute atomic E-state index is 0.0451. The molecule has 0 aromatic carbocycles. The van der Waals surface area contributed by atoms with Crippen molar-refractivity contribution in [2.24, 2.45) is 11.8 Å². The molecular weight excluding hydrogens is 214 g/mol. The molecule has 1 aliphatic rings. The van der Waals surface area contributed by atoms with Gasteiger partial charge in [0.1, 0.15) is 0 Å². The Balaban J connectivity index is 2.31. The van der Waals surface area contributed by atoms with Crippen molar-refractivity contribution < 1.29 is 9.53 Å². The number of carbonyl (C=O) groups is 1. The molecule has 1 N–H and O–H groups in total. The first-order chi connectivity index (χ1) is 7.99. The van der Waals surface area contributed by atoms with Crippen LogP contribution in [-0.2, 0) is 9.53 Å². The summed E-state index contributed by atoms with van der Waals surface area (Å²) >= 11 is 0. The van der Waals surface area contributed by atoms with Crippen LogP contribution < -0.4 is 5.32 Å². The summed E-state index contributed by atoms with van der Waals surface area (Å²) in [5, 5.41) is 3.35. The van der Waals surface area contributed by atoms with Gasteiger partial charge in [-0.1, -0.05) is 26.0 Å². The Kier molecular flexibility index (Phi) is 5.26. The maximum atomic E-state index is 11.3. The highest BCUT2D eigenvalue weighted by molar-refractivity contribution is 5.71. The fourth-order valence-corrected chi connectivity index (χ4v) is 1.58. The number of allylic oxidation sites excluding steroid dienone is 2. The zero-order valence-electron chi connectivity index (χ0n) is 11.2. The molecule has 0 spiro atoms. The summed E-state index contributed by atoms with van der Waals surface area (Å²) in [6.45, 7) is 8.42. The van der Waals surface area contributed by atoms with E-state index in [1.807, 2.05) is 13.8 Å². The zero-order chi connectivity index (χ0) is 12.8. The highest BCUT2D eigenvalue weighted by Gasteiger charge is 2.13. The van der Waals surface area contributed by atoms with Gasteiger partial charge < -0.3 is 10.1 Å². The van der Waals surface area contributed by atoms with Gasteiger partial charge in [-0.3, -0.25) is 4.79 Å². The van der Waals surface area contributed by atoms with Gasteiger partial charge in [-0.2, -0.15) is 0 Å². The average Bonchev–Trinajstić information content (AvgIpc) is 2.26. The van der Waals surface area contributed by atoms with Gasteiger partial charge >= 0.3 is 5.97 Å². The fraction of sp³-hybridized carbons (Fsp3) is 0.643. The van der Waals surface area contributed by atoms with Crippen LogP contribution in [0.2, 0.25) is 0 Å². The number of nitrogens with one attached hydrogen (secondary N) is 1. The first-order valence-electron chi connectivity index (χ1n) is 6.30. The Labute approximate surface area is 104 Å². The van der Waals surface area contributed by atoms with E-state index in [1.165, 1.54) is 0 Å². The fourth-order valence-electron chi connectivity index (χ4n) is 1.58. The molecule has 1 atom stereocenters. The third kappa shape index (κ3) is 5.07. The number of hydrogen-bond acceptors (Lipinski definition) is 3. The molecule has 17 heavy (non-hydrogen) atoms. The third-order valence-electron chi connectivity index (χ3n) is 2.55. The van der Waals surface area contributed by atoms with Crippen molar-refractivity contribution in [1.82, 2.24) is 5.32 Å². The minimum Gasteiger partial charge on any atom is -0.465 e. The number of ether oxygens (including phenoxy) is 1. The third-order valence-corrected chi connectivity index (χ3v) is 2.55. The molecule has 3 heteroatoms. The topological polar surface area (TPSA) is 38.3 Å². The second-order valence-corrected chi connectivity index (χ2v) is 5.10. The molecule has 3 nitrogen and oxygen atoms in total. The molecule has 0 saturated carbocycles. The van der Waals surface area contributed by atoms with E-state index in [0.717, 1.165) is 12.1 Å². The summed E-state index contributed by atoms with van der Waals surface area (Å²) in [4.78, 5) is 11.3. The molecule has 1 rings (SSSR count). The summed E-state index contributed by atoms with van der Waals surface area (Å²) < 4.78 is 5.22. The summed E-state index contributed by atoms with van der Waals surface area (Å²) in [5.41, 5.74) is 1.16. The smallest absolute Gasteiger partial charge is 0.308 e. The van der Waals surface area contributed by atoms with E-state index < -0.39 is 0 Å². The highest BCUT2D eigenvalue weighted by Crippen LogP contribution is 2.16. The molecular formula is C14H23NO2. The molecule has 0 bridgehead atoms. The standard InChI is InChI=1S/C14H23NO2/c1-10(2)14(16)17-9-12-5-7-13(8-6-12)15-11(3)4/h5,7-8,10-12,15H,6,9H2,1-4H3/t12-/m0/s1. The molecule has 0 aliphatic heterocycles. The predicted molar refractivity (Wildman–Crippen MR) is 69.4 cm³/mol. The minimum atomic E-state index is -0.117. The average molecular weight is 237 g/mol. The maximum Gasteiger partial charge on any atom is 0.308 e. The van der Waals surface area contributed by atoms with E-state index in [-0.39, 0.29) is 11.9 Å². The van der Waals surface area contributed by atoms with Crippen LogP contribution >= 0.6 is 0 Å². The van der Waals surface area contributed by atoms with Crippen LogP contribution in [0.4, 0.5) is 0 Å². The van der Waals surface area contributed by atoms with Gasteiger partial charge in [0.25, 0.3) is 0 Å². The summed E-state index contributed by atoms with van der Waals surface area (Å²) in [6.07, 6.45) is 7.26. The van der Waals surface area contributed by atoms with Gasteiger partial charge in [0.2, 0.25) is 0 Å². The lowest BCUT2D eigenvalue weighted by atomic mass is 10.00. The molecule has 0 amide bonds. The second-order valence-electron chi connectivity index (χ2n) is 5.10. The van der Waals surface area contributed by atoms with Crippen LogP contribution in [0.1, 0.15) is 34.1 Å². The van der Waals surface area contributed by atoms with Crippen molar-refractivity contribution >= 4 is 5.97 Å². The van der Waals surface area contributed by atoms with E-state index in [0.29, 0.717) is 18.6 Å². The lowest BCUT2D eigenvalue weighted by Crippen LogP contribution is -2.23. The molecule has 96 valence electrons. The first kappa shape index (κ1) is 13.8. The van der Waals surface area contributed by atoms with Gasteiger partial charge in [0, 0.05) is 17.7 Å². The highest BCUT2D eigenvalue weighted by atomic mass is 16.5. The van der Waals surface area contributed by atoms with Crippen molar-refractivity contribution in [1.29, 1.82) is 0 Å². The first-order valence-corrected chi connectivity index (χ1v) is 6.30. The Morgan fingerprint density at radius 3 is 2.65 bits per heavy atom. The van der Waals surface area contributed by atoms with Crippen LogP contribution in [0.25, 0.3) is 0 Å². The largest absolute Gasteiger partial charge is 0.465 e. The van der Waals surface area contributed by atoms with Crippen molar-refractivity contribution in [3.63, 3.8) is 0 Å².